The Kier molecular flexibility index (Phi) is 8.08. The second-order valence-electron chi connectivity index (χ2n) is 10.6. The van der Waals surface area contributed by atoms with E-state index >= 15 is 0 Å². The van der Waals surface area contributed by atoms with Crippen molar-refractivity contribution in [2.24, 2.45) is 0 Å². The summed E-state index contributed by atoms with van der Waals surface area (Å²) in [6.45, 7) is 10.4. The lowest BCUT2D eigenvalue weighted by Gasteiger charge is -2.34. The number of piperazine rings is 1. The molecule has 1 aromatic heterocycles. The van der Waals surface area contributed by atoms with Crippen LogP contribution in [-0.4, -0.2) is 58.6 Å². The maximum absolute atomic E-state index is 11.7. The predicted molar refractivity (Wildman–Crippen MR) is 153 cm³/mol. The monoisotopic (exact) mass is 510 g/mol. The molecule has 0 radical (unpaired) electrons. The molecule has 0 atom stereocenters. The van der Waals surface area contributed by atoms with Crippen molar-refractivity contribution in [3.8, 4) is 5.75 Å². The molecule has 1 aliphatic heterocycles. The number of H-pyrrole nitrogens is 1. The maximum Gasteiger partial charge on any atom is 0.219 e. The topological polar surface area (TPSA) is 61.5 Å². The average molecular weight is 511 g/mol. The molecule has 2 aromatic rings. The number of ether oxygens (including phenoxy) is 1. The molecule has 1 saturated heterocycles. The van der Waals surface area contributed by atoms with Crippen LogP contribution in [-0.2, 0) is 11.2 Å². The molecule has 6 nitrogen and oxygen atoms in total. The first-order valence-corrected chi connectivity index (χ1v) is 13.7. The second-order valence-corrected chi connectivity index (χ2v) is 10.6. The zero-order valence-electron chi connectivity index (χ0n) is 22.8. The maximum atomic E-state index is 11.7. The summed E-state index contributed by atoms with van der Waals surface area (Å²) in [5.41, 5.74) is 8.72. The van der Waals surface area contributed by atoms with Gasteiger partial charge in [0.2, 0.25) is 5.91 Å². The van der Waals surface area contributed by atoms with E-state index in [0.717, 1.165) is 81.2 Å². The molecular weight excluding hydrogens is 472 g/mol. The van der Waals surface area contributed by atoms with E-state index in [1.165, 1.54) is 27.8 Å². The molecule has 1 N–H and O–H groups in total. The van der Waals surface area contributed by atoms with E-state index in [-0.39, 0.29) is 5.91 Å². The quantitative estimate of drug-likeness (QED) is 0.541. The van der Waals surface area contributed by atoms with Gasteiger partial charge in [-0.15, -0.1) is 0 Å². The Labute approximate surface area is 226 Å². The summed E-state index contributed by atoms with van der Waals surface area (Å²) < 4.78 is 6.48. The number of benzene rings is 1. The third-order valence-corrected chi connectivity index (χ3v) is 7.66. The van der Waals surface area contributed by atoms with Gasteiger partial charge in [-0.2, -0.15) is 5.10 Å². The third kappa shape index (κ3) is 6.43. The molecule has 1 amide bonds. The minimum Gasteiger partial charge on any atom is -0.457 e. The molecular formula is C32H38N4O2. The van der Waals surface area contributed by atoms with E-state index in [4.69, 9.17) is 4.74 Å². The van der Waals surface area contributed by atoms with Gasteiger partial charge in [0.15, 0.2) is 0 Å². The fourth-order valence-corrected chi connectivity index (χ4v) is 5.34. The highest BCUT2D eigenvalue weighted by Gasteiger charge is 2.19. The molecule has 5 rings (SSSR count). The number of carbonyl (C=O) groups is 1. The standard InChI is InChI=1S/C32H38N4O2/c1-23-7-8-29-21-30(38-32-12-10-27(6-4-5-24(32)2)31-13-14-33-34-31)11-9-28(29)20-26(19-23)22-35-15-17-36(18-16-35)25(3)37/h6,9-14,19-21H,4-5,7-8,15-18,22H2,1-3H3,(H,33,34). The highest BCUT2D eigenvalue weighted by Crippen LogP contribution is 2.29. The van der Waals surface area contributed by atoms with E-state index in [1.54, 1.807) is 13.1 Å². The molecule has 2 heterocycles. The van der Waals surface area contributed by atoms with Crippen LogP contribution in [0, 0.1) is 0 Å². The van der Waals surface area contributed by atoms with Gasteiger partial charge in [0.05, 0.1) is 5.69 Å². The molecule has 2 aliphatic carbocycles. The highest BCUT2D eigenvalue weighted by atomic mass is 16.5. The molecule has 0 saturated carbocycles. The Morgan fingerprint density at radius 1 is 1.03 bits per heavy atom. The molecule has 198 valence electrons. The van der Waals surface area contributed by atoms with Gasteiger partial charge in [-0.1, -0.05) is 29.9 Å². The summed E-state index contributed by atoms with van der Waals surface area (Å²) in [5.74, 6) is 1.97. The third-order valence-electron chi connectivity index (χ3n) is 7.66. The SMILES string of the molecule is CC(=O)N1CCN(CC2=Cc3ccc(OC4=C(C)CCC=C(c5ccn[nH]5)C=C4)cc3CCC(C)=C2)CC1. The molecule has 0 unspecified atom stereocenters. The zero-order valence-corrected chi connectivity index (χ0v) is 22.8. The van der Waals surface area contributed by atoms with Gasteiger partial charge in [-0.25, -0.2) is 0 Å². The van der Waals surface area contributed by atoms with Crippen LogP contribution in [0.1, 0.15) is 56.9 Å². The normalized spacial score (nSPS) is 18.9. The number of aromatic nitrogens is 2. The number of fused-ring (bicyclic) bond motifs is 1. The lowest BCUT2D eigenvalue weighted by molar-refractivity contribution is -0.130. The fourth-order valence-electron chi connectivity index (χ4n) is 5.34. The van der Waals surface area contributed by atoms with Crippen LogP contribution in [0.4, 0.5) is 0 Å². The van der Waals surface area contributed by atoms with Crippen molar-refractivity contribution in [2.45, 2.75) is 46.5 Å². The number of nitrogens with zero attached hydrogens (tertiary/aromatic N) is 3. The summed E-state index contributed by atoms with van der Waals surface area (Å²) in [6.07, 6.45) is 16.9. The van der Waals surface area contributed by atoms with E-state index in [2.05, 4.69) is 77.5 Å². The molecule has 3 aliphatic rings. The van der Waals surface area contributed by atoms with Gasteiger partial charge in [0.1, 0.15) is 11.5 Å². The Morgan fingerprint density at radius 3 is 2.63 bits per heavy atom. The van der Waals surface area contributed by atoms with E-state index in [9.17, 15) is 4.79 Å². The Balaban J connectivity index is 1.32. The number of aromatic amines is 1. The molecule has 38 heavy (non-hydrogen) atoms. The van der Waals surface area contributed by atoms with E-state index < -0.39 is 0 Å². The summed E-state index contributed by atoms with van der Waals surface area (Å²) in [4.78, 5) is 16.1. The van der Waals surface area contributed by atoms with Crippen molar-refractivity contribution in [1.29, 1.82) is 0 Å². The summed E-state index contributed by atoms with van der Waals surface area (Å²) >= 11 is 0. The van der Waals surface area contributed by atoms with Gasteiger partial charge < -0.3 is 9.64 Å². The van der Waals surface area contributed by atoms with Crippen molar-refractivity contribution >= 4 is 17.6 Å². The molecule has 6 heteroatoms. The summed E-state index contributed by atoms with van der Waals surface area (Å²) in [7, 11) is 0. The lowest BCUT2D eigenvalue weighted by Crippen LogP contribution is -2.48. The summed E-state index contributed by atoms with van der Waals surface area (Å²) in [5, 5.41) is 7.15. The number of hydrogen-bond acceptors (Lipinski definition) is 4. The average Bonchev–Trinajstić information content (AvgIpc) is 3.42. The Bertz CT molecular complexity index is 1320. The highest BCUT2D eigenvalue weighted by molar-refractivity contribution is 5.73. The number of nitrogens with one attached hydrogen (secondary N) is 1. The first kappa shape index (κ1) is 26.0. The van der Waals surface area contributed by atoms with Crippen LogP contribution in [0.15, 0.2) is 77.2 Å². The van der Waals surface area contributed by atoms with Gasteiger partial charge in [-0.05, 0) is 97.7 Å². The van der Waals surface area contributed by atoms with Gasteiger partial charge in [-0.3, -0.25) is 14.8 Å². The van der Waals surface area contributed by atoms with Crippen molar-refractivity contribution in [3.63, 3.8) is 0 Å². The van der Waals surface area contributed by atoms with Gasteiger partial charge >= 0.3 is 0 Å². The van der Waals surface area contributed by atoms with Crippen molar-refractivity contribution in [3.05, 3.63) is 94.1 Å². The number of hydrogen-bond donors (Lipinski definition) is 1. The minimum absolute atomic E-state index is 0.174. The number of allylic oxidation sites excluding steroid dienone is 6. The van der Waals surface area contributed by atoms with Crippen LogP contribution in [0.5, 0.6) is 5.75 Å². The Morgan fingerprint density at radius 2 is 1.87 bits per heavy atom. The number of aryl methyl sites for hydroxylation is 1. The van der Waals surface area contributed by atoms with Crippen LogP contribution >= 0.6 is 0 Å². The van der Waals surface area contributed by atoms with Crippen LogP contribution < -0.4 is 4.74 Å². The first-order chi connectivity index (χ1) is 18.4. The number of carbonyl (C=O) groups excluding carboxylic acids is 1. The molecule has 0 bridgehead atoms. The predicted octanol–water partition coefficient (Wildman–Crippen LogP) is 5.94. The number of rotatable bonds is 5. The smallest absolute Gasteiger partial charge is 0.219 e. The van der Waals surface area contributed by atoms with Crippen molar-refractivity contribution in [2.75, 3.05) is 32.7 Å². The van der Waals surface area contributed by atoms with Crippen LogP contribution in [0.2, 0.25) is 0 Å². The Hall–Kier alpha value is -3.64. The van der Waals surface area contributed by atoms with Gasteiger partial charge in [0.25, 0.3) is 0 Å². The van der Waals surface area contributed by atoms with E-state index in [0.29, 0.717) is 0 Å². The van der Waals surface area contributed by atoms with Crippen LogP contribution in [0.3, 0.4) is 0 Å². The number of amides is 1. The van der Waals surface area contributed by atoms with Crippen molar-refractivity contribution in [1.82, 2.24) is 20.0 Å². The minimum atomic E-state index is 0.174. The van der Waals surface area contributed by atoms with Crippen molar-refractivity contribution < 1.29 is 9.53 Å². The zero-order chi connectivity index (χ0) is 26.5. The largest absolute Gasteiger partial charge is 0.457 e. The fraction of sp³-hybridized carbons (Fsp3) is 0.375. The van der Waals surface area contributed by atoms with Crippen LogP contribution in [0.25, 0.3) is 11.6 Å². The molecule has 0 spiro atoms. The lowest BCUT2D eigenvalue weighted by atomic mass is 9.94. The first-order valence-electron chi connectivity index (χ1n) is 13.7. The molecule has 1 fully saturated rings. The molecule has 1 aromatic carbocycles. The van der Waals surface area contributed by atoms with Gasteiger partial charge in [0, 0.05) is 45.8 Å². The van der Waals surface area contributed by atoms with E-state index in [1.807, 2.05) is 11.0 Å². The second kappa shape index (κ2) is 11.8. The summed E-state index contributed by atoms with van der Waals surface area (Å²) in [6, 6.07) is 8.50.